The Labute approximate surface area is 56.4 Å². The molecule has 0 aromatic rings. The van der Waals surface area contributed by atoms with Gasteiger partial charge in [-0.05, 0) is 26.7 Å². The molecule has 0 bridgehead atoms. The number of aliphatic hydroxyl groups is 1. The number of nitrogens with two attached hydrogens (primary N) is 1. The maximum atomic E-state index is 8.65. The van der Waals surface area contributed by atoms with Gasteiger partial charge in [-0.3, -0.25) is 0 Å². The molecule has 0 amide bonds. The molecule has 0 spiro atoms. The second-order valence-electron chi connectivity index (χ2n) is 2.24. The minimum Gasteiger partial charge on any atom is -0.379 e. The van der Waals surface area contributed by atoms with Crippen molar-refractivity contribution >= 4 is 0 Å². The van der Waals surface area contributed by atoms with Gasteiger partial charge in [0, 0.05) is 0 Å². The third-order valence-electron chi connectivity index (χ3n) is 1.33. The molecule has 1 atom stereocenters. The van der Waals surface area contributed by atoms with Gasteiger partial charge < -0.3 is 10.8 Å². The Hall–Kier alpha value is -0.340. The van der Waals surface area contributed by atoms with Crippen molar-refractivity contribution in [1.82, 2.24) is 0 Å². The van der Waals surface area contributed by atoms with E-state index >= 15 is 0 Å². The van der Waals surface area contributed by atoms with Crippen LogP contribution in [0.15, 0.2) is 11.6 Å². The molecule has 2 heteroatoms. The zero-order valence-electron chi connectivity index (χ0n) is 6.09. The van der Waals surface area contributed by atoms with Gasteiger partial charge in [-0.1, -0.05) is 11.6 Å². The Morgan fingerprint density at radius 2 is 2.33 bits per heavy atom. The molecular weight excluding hydrogens is 114 g/mol. The van der Waals surface area contributed by atoms with E-state index < -0.39 is 6.23 Å². The first-order chi connectivity index (χ1) is 4.16. The minimum atomic E-state index is -0.653. The second kappa shape index (κ2) is 4.53. The average Bonchev–Trinajstić information content (AvgIpc) is 1.83. The maximum absolute atomic E-state index is 8.65. The van der Waals surface area contributed by atoms with Crippen LogP contribution in [-0.2, 0) is 0 Å². The normalized spacial score (nSPS) is 15.8. The van der Waals surface area contributed by atoms with Crippen LogP contribution in [0.1, 0.15) is 26.7 Å². The van der Waals surface area contributed by atoms with E-state index in [1.807, 2.05) is 19.9 Å². The first-order valence-corrected chi connectivity index (χ1v) is 3.22. The maximum Gasteiger partial charge on any atom is 0.102 e. The topological polar surface area (TPSA) is 46.2 Å². The van der Waals surface area contributed by atoms with Crippen LogP contribution in [-0.4, -0.2) is 11.3 Å². The molecule has 0 aliphatic rings. The lowest BCUT2D eigenvalue weighted by atomic mass is 10.1. The molecule has 54 valence electrons. The lowest BCUT2D eigenvalue weighted by molar-refractivity contribution is 0.172. The Kier molecular flexibility index (Phi) is 4.36. The SMILES string of the molecule is C/C=C(\C)CCC(N)O. The fraction of sp³-hybridized carbons (Fsp3) is 0.714. The fourth-order valence-corrected chi connectivity index (χ4v) is 0.520. The van der Waals surface area contributed by atoms with E-state index in [2.05, 4.69) is 0 Å². The zero-order valence-corrected chi connectivity index (χ0v) is 6.09. The van der Waals surface area contributed by atoms with Crippen LogP contribution in [0.2, 0.25) is 0 Å². The highest BCUT2D eigenvalue weighted by Gasteiger charge is 1.94. The molecule has 0 fully saturated rings. The molecule has 0 heterocycles. The molecule has 0 aliphatic carbocycles. The van der Waals surface area contributed by atoms with Gasteiger partial charge in [-0.15, -0.1) is 0 Å². The van der Waals surface area contributed by atoms with Crippen LogP contribution in [0, 0.1) is 0 Å². The smallest absolute Gasteiger partial charge is 0.102 e. The van der Waals surface area contributed by atoms with Gasteiger partial charge in [0.15, 0.2) is 0 Å². The third kappa shape index (κ3) is 5.53. The van der Waals surface area contributed by atoms with Crippen molar-refractivity contribution in [2.45, 2.75) is 32.9 Å². The van der Waals surface area contributed by atoms with Crippen molar-refractivity contribution < 1.29 is 5.11 Å². The molecule has 0 rings (SSSR count). The summed E-state index contributed by atoms with van der Waals surface area (Å²) < 4.78 is 0. The van der Waals surface area contributed by atoms with Crippen molar-refractivity contribution in [2.24, 2.45) is 5.73 Å². The van der Waals surface area contributed by atoms with E-state index in [9.17, 15) is 0 Å². The molecule has 2 nitrogen and oxygen atoms in total. The molecule has 3 N–H and O–H groups in total. The van der Waals surface area contributed by atoms with Gasteiger partial charge in [0.1, 0.15) is 6.23 Å². The Morgan fingerprint density at radius 3 is 2.67 bits per heavy atom. The molecular formula is C7H15NO. The van der Waals surface area contributed by atoms with Crippen molar-refractivity contribution in [2.75, 3.05) is 0 Å². The van der Waals surface area contributed by atoms with Crippen molar-refractivity contribution in [3.8, 4) is 0 Å². The van der Waals surface area contributed by atoms with Gasteiger partial charge in [-0.25, -0.2) is 0 Å². The fourth-order valence-electron chi connectivity index (χ4n) is 0.520. The van der Waals surface area contributed by atoms with Crippen LogP contribution in [0.25, 0.3) is 0 Å². The van der Waals surface area contributed by atoms with Crippen molar-refractivity contribution in [1.29, 1.82) is 0 Å². The summed E-state index contributed by atoms with van der Waals surface area (Å²) in [5, 5.41) is 8.65. The van der Waals surface area contributed by atoms with Crippen molar-refractivity contribution in [3.63, 3.8) is 0 Å². The van der Waals surface area contributed by atoms with Gasteiger partial charge in [-0.2, -0.15) is 0 Å². The highest BCUT2D eigenvalue weighted by molar-refractivity contribution is 4.95. The second-order valence-corrected chi connectivity index (χ2v) is 2.24. The minimum absolute atomic E-state index is 0.653. The molecule has 0 saturated heterocycles. The predicted molar refractivity (Wildman–Crippen MR) is 38.9 cm³/mol. The molecule has 0 aromatic heterocycles. The summed E-state index contributed by atoms with van der Waals surface area (Å²) in [5.74, 6) is 0. The number of hydrogen-bond acceptors (Lipinski definition) is 2. The Bertz CT molecular complexity index is 97.1. The highest BCUT2D eigenvalue weighted by atomic mass is 16.3. The Balaban J connectivity index is 3.28. The summed E-state index contributed by atoms with van der Waals surface area (Å²) in [5.41, 5.74) is 6.40. The highest BCUT2D eigenvalue weighted by Crippen LogP contribution is 2.03. The molecule has 0 aromatic carbocycles. The molecule has 1 unspecified atom stereocenters. The van der Waals surface area contributed by atoms with Gasteiger partial charge in [0.25, 0.3) is 0 Å². The number of hydrogen-bond donors (Lipinski definition) is 2. The zero-order chi connectivity index (χ0) is 7.28. The summed E-state index contributed by atoms with van der Waals surface area (Å²) in [6.07, 6.45) is 2.94. The average molecular weight is 129 g/mol. The summed E-state index contributed by atoms with van der Waals surface area (Å²) in [4.78, 5) is 0. The number of rotatable bonds is 3. The van der Waals surface area contributed by atoms with Crippen LogP contribution < -0.4 is 5.73 Å². The number of allylic oxidation sites excluding steroid dienone is 2. The lowest BCUT2D eigenvalue weighted by Crippen LogP contribution is -2.17. The predicted octanol–water partition coefficient (Wildman–Crippen LogP) is 1.01. The van der Waals surface area contributed by atoms with E-state index in [0.717, 1.165) is 6.42 Å². The summed E-state index contributed by atoms with van der Waals surface area (Å²) >= 11 is 0. The van der Waals surface area contributed by atoms with E-state index in [4.69, 9.17) is 10.8 Å². The van der Waals surface area contributed by atoms with Gasteiger partial charge in [0.05, 0.1) is 0 Å². The molecule has 9 heavy (non-hydrogen) atoms. The monoisotopic (exact) mass is 129 g/mol. The van der Waals surface area contributed by atoms with E-state index in [1.54, 1.807) is 0 Å². The molecule has 0 radical (unpaired) electrons. The quantitative estimate of drug-likeness (QED) is 0.441. The lowest BCUT2D eigenvalue weighted by Gasteiger charge is -2.02. The first kappa shape index (κ1) is 8.66. The summed E-state index contributed by atoms with van der Waals surface area (Å²) in [7, 11) is 0. The van der Waals surface area contributed by atoms with Gasteiger partial charge >= 0.3 is 0 Å². The summed E-state index contributed by atoms with van der Waals surface area (Å²) in [6.45, 7) is 4.01. The molecule has 0 aliphatic heterocycles. The van der Waals surface area contributed by atoms with Crippen LogP contribution >= 0.6 is 0 Å². The van der Waals surface area contributed by atoms with Crippen molar-refractivity contribution in [3.05, 3.63) is 11.6 Å². The third-order valence-corrected chi connectivity index (χ3v) is 1.33. The van der Waals surface area contributed by atoms with Crippen LogP contribution in [0.3, 0.4) is 0 Å². The van der Waals surface area contributed by atoms with Crippen LogP contribution in [0.4, 0.5) is 0 Å². The first-order valence-electron chi connectivity index (χ1n) is 3.22. The Morgan fingerprint density at radius 1 is 1.78 bits per heavy atom. The number of aliphatic hydroxyl groups excluding tert-OH is 1. The summed E-state index contributed by atoms with van der Waals surface area (Å²) in [6, 6.07) is 0. The van der Waals surface area contributed by atoms with E-state index in [-0.39, 0.29) is 0 Å². The standard InChI is InChI=1S/C7H15NO/c1-3-6(2)4-5-7(8)9/h3,7,9H,4-5,8H2,1-2H3/b6-3+. The largest absolute Gasteiger partial charge is 0.379 e. The van der Waals surface area contributed by atoms with E-state index in [0.29, 0.717) is 6.42 Å². The van der Waals surface area contributed by atoms with Gasteiger partial charge in [0.2, 0.25) is 0 Å². The van der Waals surface area contributed by atoms with E-state index in [1.165, 1.54) is 5.57 Å². The molecule has 0 saturated carbocycles. The van der Waals surface area contributed by atoms with Crippen LogP contribution in [0.5, 0.6) is 0 Å².